The molecular weight excluding hydrogens is 707 g/mol. The molecule has 0 aliphatic heterocycles. The highest BCUT2D eigenvalue weighted by atomic mass is 31.2. The first-order valence-electron chi connectivity index (χ1n) is 24.0. The predicted molar refractivity (Wildman–Crippen MR) is 239 cm³/mol. The third kappa shape index (κ3) is 58.4. The molecule has 0 saturated heterocycles. The Kier molecular flexibility index (Phi) is 46.7. The number of nitrogens with one attached hydrogen (secondary N) is 1. The number of aliphatic hydroxyl groups excluding tert-OH is 1. The number of unbranched alkanes of at least 4 members (excludes halogenated alkanes) is 32. The Morgan fingerprint density at radius 2 is 0.800 bits per heavy atom. The minimum atomic E-state index is -4.26. The van der Waals surface area contributed by atoms with Gasteiger partial charge in [0.1, 0.15) is 13.2 Å². The highest BCUT2D eigenvalue weighted by molar-refractivity contribution is 7.46. The second kappa shape index (κ2) is 45.0. The maximum absolute atomic E-state index is 10.2. The van der Waals surface area contributed by atoms with E-state index in [2.05, 4.69) is 23.7 Å². The molecule has 0 spiro atoms. The summed E-state index contributed by atoms with van der Waals surface area (Å²) in [6, 6.07) is 0. The molecule has 0 aromatic rings. The Morgan fingerprint density at radius 1 is 0.491 bits per heavy atom. The van der Waals surface area contributed by atoms with Crippen LogP contribution in [0.2, 0.25) is 0 Å². The number of aliphatic hydroxyl groups is 1. The molecule has 0 aromatic heterocycles. The molecule has 0 amide bonds. The average Bonchev–Trinajstić information content (AvgIpc) is 3.12. The molecular formula is C46H100N2O6P+. The molecule has 8 nitrogen and oxygen atoms in total. The molecule has 0 rings (SSSR count). The highest BCUT2D eigenvalue weighted by Crippen LogP contribution is 2.35. The van der Waals surface area contributed by atoms with E-state index in [0.29, 0.717) is 24.2 Å². The minimum absolute atomic E-state index is 0.0772. The van der Waals surface area contributed by atoms with Gasteiger partial charge in [-0.25, -0.2) is 4.57 Å². The molecule has 0 bridgehead atoms. The summed E-state index contributed by atoms with van der Waals surface area (Å²) in [5.74, 6) is 0. The first-order valence-corrected chi connectivity index (χ1v) is 25.5. The summed E-state index contributed by atoms with van der Waals surface area (Å²) in [4.78, 5) is 16.6. The van der Waals surface area contributed by atoms with E-state index < -0.39 is 7.82 Å². The van der Waals surface area contributed by atoms with Crippen LogP contribution >= 0.6 is 7.82 Å². The Bertz CT molecular complexity index is 763. The Morgan fingerprint density at radius 3 is 1.11 bits per heavy atom. The number of likely N-dealkylation sites (N-methyl/N-ethyl adjacent to an activating group) is 1. The van der Waals surface area contributed by atoms with Gasteiger partial charge in [-0.3, -0.25) is 4.52 Å². The number of nitrogens with zero attached hydrogens (tertiary/aromatic N) is 1. The second-order valence-corrected chi connectivity index (χ2v) is 18.8. The fourth-order valence-corrected chi connectivity index (χ4v) is 7.20. The summed E-state index contributed by atoms with van der Waals surface area (Å²) in [6.45, 7) is 8.21. The van der Waals surface area contributed by atoms with Gasteiger partial charge in [0.15, 0.2) is 0 Å². The predicted octanol–water partition coefficient (Wildman–Crippen LogP) is 13.1. The van der Waals surface area contributed by atoms with Gasteiger partial charge in [-0.05, 0) is 19.4 Å². The van der Waals surface area contributed by atoms with E-state index in [1.54, 1.807) is 0 Å². The summed E-state index contributed by atoms with van der Waals surface area (Å²) in [6.07, 6.45) is 47.5. The van der Waals surface area contributed by atoms with Gasteiger partial charge in [0.05, 0.1) is 33.9 Å². The van der Waals surface area contributed by atoms with Gasteiger partial charge in [0.2, 0.25) is 0 Å². The van der Waals surface area contributed by atoms with Crippen molar-refractivity contribution >= 4 is 7.82 Å². The lowest BCUT2D eigenvalue weighted by Crippen LogP contribution is -2.37. The third-order valence-corrected chi connectivity index (χ3v) is 11.1. The molecule has 0 fully saturated rings. The van der Waals surface area contributed by atoms with Crippen LogP contribution < -0.4 is 5.32 Å². The summed E-state index contributed by atoms with van der Waals surface area (Å²) >= 11 is 0. The average molecular weight is 808 g/mol. The molecule has 0 aromatic carbocycles. The Labute approximate surface area is 344 Å². The maximum Gasteiger partial charge on any atom is 0.469 e. The molecule has 55 heavy (non-hydrogen) atoms. The quantitative estimate of drug-likeness (QED) is 0.0276. The van der Waals surface area contributed by atoms with Gasteiger partial charge in [-0.1, -0.05) is 219 Å². The SMILES string of the molecule is CCCCCCCCCCCCCCCCCCCCOCC(O)CNCCCCCCCCCCCCCCCCCC.C[N+](C)(C)CCOP(=O)(O)O. The summed E-state index contributed by atoms with van der Waals surface area (Å²) in [5.41, 5.74) is 0. The monoisotopic (exact) mass is 808 g/mol. The third-order valence-electron chi connectivity index (χ3n) is 10.6. The molecule has 4 N–H and O–H groups in total. The maximum atomic E-state index is 10.2. The topological polar surface area (TPSA) is 108 Å². The van der Waals surface area contributed by atoms with Crippen LogP contribution in [0, 0.1) is 0 Å². The van der Waals surface area contributed by atoms with Crippen LogP contribution in [-0.4, -0.2) is 86.1 Å². The van der Waals surface area contributed by atoms with Crippen LogP contribution in [0.25, 0.3) is 0 Å². The summed E-state index contributed by atoms with van der Waals surface area (Å²) in [5, 5.41) is 13.6. The number of quaternary nitrogens is 1. The van der Waals surface area contributed by atoms with Crippen molar-refractivity contribution < 1.29 is 33.2 Å². The van der Waals surface area contributed by atoms with Crippen molar-refractivity contribution in [1.82, 2.24) is 5.32 Å². The van der Waals surface area contributed by atoms with Crippen LogP contribution in [0.1, 0.15) is 232 Å². The van der Waals surface area contributed by atoms with Gasteiger partial charge in [0, 0.05) is 13.2 Å². The number of ether oxygens (including phenoxy) is 1. The lowest BCUT2D eigenvalue weighted by Gasteiger charge is -2.23. The molecule has 0 heterocycles. The first kappa shape index (κ1) is 57.0. The van der Waals surface area contributed by atoms with Gasteiger partial charge in [-0.15, -0.1) is 0 Å². The van der Waals surface area contributed by atoms with Crippen molar-refractivity contribution in [3.8, 4) is 0 Å². The fourth-order valence-electron chi connectivity index (χ4n) is 6.88. The van der Waals surface area contributed by atoms with E-state index >= 15 is 0 Å². The van der Waals surface area contributed by atoms with Gasteiger partial charge < -0.3 is 29.4 Å². The van der Waals surface area contributed by atoms with Crippen molar-refractivity contribution in [1.29, 1.82) is 0 Å². The molecule has 1 unspecified atom stereocenters. The Hall–Kier alpha value is -0.0500. The number of phosphoric acid groups is 1. The van der Waals surface area contributed by atoms with Gasteiger partial charge >= 0.3 is 7.82 Å². The van der Waals surface area contributed by atoms with Crippen molar-refractivity contribution in [2.45, 2.75) is 238 Å². The lowest BCUT2D eigenvalue weighted by atomic mass is 10.0. The van der Waals surface area contributed by atoms with Crippen molar-refractivity contribution in [2.75, 3.05) is 60.6 Å². The zero-order valence-corrected chi connectivity index (χ0v) is 38.7. The van der Waals surface area contributed by atoms with Crippen molar-refractivity contribution in [3.63, 3.8) is 0 Å². The zero-order valence-electron chi connectivity index (χ0n) is 37.8. The molecule has 0 saturated carbocycles. The van der Waals surface area contributed by atoms with E-state index in [-0.39, 0.29) is 12.7 Å². The number of hydrogen-bond donors (Lipinski definition) is 4. The van der Waals surface area contributed by atoms with Crippen molar-refractivity contribution in [3.05, 3.63) is 0 Å². The largest absolute Gasteiger partial charge is 0.469 e. The van der Waals surface area contributed by atoms with E-state index in [1.807, 2.05) is 21.1 Å². The van der Waals surface area contributed by atoms with Crippen LogP contribution in [0.15, 0.2) is 0 Å². The van der Waals surface area contributed by atoms with Crippen LogP contribution in [-0.2, 0) is 13.8 Å². The summed E-state index contributed by atoms with van der Waals surface area (Å²) in [7, 11) is 1.50. The summed E-state index contributed by atoms with van der Waals surface area (Å²) < 4.78 is 20.8. The first-order chi connectivity index (χ1) is 26.5. The van der Waals surface area contributed by atoms with E-state index in [1.165, 1.54) is 212 Å². The minimum Gasteiger partial charge on any atom is -0.389 e. The highest BCUT2D eigenvalue weighted by Gasteiger charge is 2.16. The van der Waals surface area contributed by atoms with Crippen LogP contribution in [0.3, 0.4) is 0 Å². The number of hydrogen-bond acceptors (Lipinski definition) is 5. The van der Waals surface area contributed by atoms with E-state index in [4.69, 9.17) is 14.5 Å². The van der Waals surface area contributed by atoms with Crippen LogP contribution in [0.5, 0.6) is 0 Å². The standard InChI is InChI=1S/C41H85NO2.C5H14NO4P/c1-3-5-7-9-11-13-15-17-19-21-22-24-26-28-30-32-34-36-38-44-40-41(43)39-42-37-35-33-31-29-27-25-23-20-18-16-14-12-10-8-6-4-2;1-6(2,3)4-5-10-11(7,8)9/h41-43H,3-40H2,1-2H3;4-5H2,1-3H3,(H-,7,8,9)/p+1. The number of rotatable bonds is 44. The molecule has 1 atom stereocenters. The molecule has 0 aliphatic rings. The number of phosphoric ester groups is 1. The normalized spacial score (nSPS) is 12.6. The van der Waals surface area contributed by atoms with Gasteiger partial charge in [0.25, 0.3) is 0 Å². The van der Waals surface area contributed by atoms with Gasteiger partial charge in [-0.2, -0.15) is 0 Å². The molecule has 0 aliphatic carbocycles. The molecule has 0 radical (unpaired) electrons. The second-order valence-electron chi connectivity index (χ2n) is 17.6. The van der Waals surface area contributed by atoms with Crippen LogP contribution in [0.4, 0.5) is 0 Å². The molecule has 9 heteroatoms. The van der Waals surface area contributed by atoms with E-state index in [0.717, 1.165) is 19.6 Å². The molecule has 334 valence electrons. The smallest absolute Gasteiger partial charge is 0.389 e. The van der Waals surface area contributed by atoms with E-state index in [9.17, 15) is 9.67 Å². The fraction of sp³-hybridized carbons (Fsp3) is 1.00. The Balaban J connectivity index is 0. The van der Waals surface area contributed by atoms with Crippen molar-refractivity contribution in [2.24, 2.45) is 0 Å². The zero-order chi connectivity index (χ0) is 41.0. The lowest BCUT2D eigenvalue weighted by molar-refractivity contribution is -0.870.